The Balaban J connectivity index is 1.42. The minimum atomic E-state index is -3.58. The fourth-order valence-electron chi connectivity index (χ4n) is 2.93. The van der Waals surface area contributed by atoms with Crippen LogP contribution in [0.3, 0.4) is 0 Å². The molecule has 0 aliphatic rings. The smallest absolute Gasteiger partial charge is 0.211 e. The van der Waals surface area contributed by atoms with E-state index in [1.807, 2.05) is 43.3 Å². The summed E-state index contributed by atoms with van der Waals surface area (Å²) in [5.74, 6) is 1.32. The van der Waals surface area contributed by atoms with Crippen LogP contribution in [0.4, 0.5) is 0 Å². The fraction of sp³-hybridized carbons (Fsp3) is 0.190. The molecule has 0 aliphatic heterocycles. The van der Waals surface area contributed by atoms with Gasteiger partial charge in [0.2, 0.25) is 10.0 Å². The lowest BCUT2D eigenvalue weighted by atomic mass is 10.2. The zero-order valence-electron chi connectivity index (χ0n) is 16.7. The van der Waals surface area contributed by atoms with E-state index in [0.29, 0.717) is 22.9 Å². The Morgan fingerprint density at radius 3 is 2.65 bits per heavy atom. The summed E-state index contributed by atoms with van der Waals surface area (Å²) in [5, 5.41) is 14.4. The van der Waals surface area contributed by atoms with E-state index < -0.39 is 10.0 Å². The summed E-state index contributed by atoms with van der Waals surface area (Å²) in [6.07, 6.45) is 0.363. The number of fused-ring (bicyclic) bond motifs is 1. The van der Waals surface area contributed by atoms with Gasteiger partial charge in [-0.05, 0) is 48.9 Å². The van der Waals surface area contributed by atoms with Crippen LogP contribution in [0.25, 0.3) is 5.65 Å². The topological polar surface area (TPSA) is 89.2 Å². The largest absolute Gasteiger partial charge is 0.240 e. The van der Waals surface area contributed by atoms with Crippen molar-refractivity contribution in [3.8, 4) is 0 Å². The number of thioether (sulfide) groups is 1. The van der Waals surface area contributed by atoms with Gasteiger partial charge in [-0.1, -0.05) is 53.2 Å². The van der Waals surface area contributed by atoms with Crippen molar-refractivity contribution in [3.63, 3.8) is 0 Å². The van der Waals surface area contributed by atoms with Crippen molar-refractivity contribution in [1.82, 2.24) is 24.5 Å². The number of nitrogens with zero attached hydrogens (tertiary/aromatic N) is 4. The number of halogens is 1. The maximum atomic E-state index is 12.5. The van der Waals surface area contributed by atoms with Crippen molar-refractivity contribution in [2.75, 3.05) is 6.54 Å². The van der Waals surface area contributed by atoms with E-state index in [1.54, 1.807) is 40.5 Å². The van der Waals surface area contributed by atoms with E-state index in [1.165, 1.54) is 0 Å². The molecule has 4 rings (SSSR count). The van der Waals surface area contributed by atoms with Crippen LogP contribution in [0.1, 0.15) is 17.0 Å². The summed E-state index contributed by atoms with van der Waals surface area (Å²) in [6.45, 7) is 2.10. The van der Waals surface area contributed by atoms with Crippen molar-refractivity contribution in [2.24, 2.45) is 0 Å². The minimum Gasteiger partial charge on any atom is -0.211 e. The van der Waals surface area contributed by atoms with Gasteiger partial charge in [-0.15, -0.1) is 10.2 Å². The molecule has 4 aromatic rings. The number of hydrogen-bond donors (Lipinski definition) is 1. The van der Waals surface area contributed by atoms with Crippen molar-refractivity contribution < 1.29 is 8.42 Å². The lowest BCUT2D eigenvalue weighted by molar-refractivity contribution is 0.580. The molecule has 1 N–H and O–H groups in total. The van der Waals surface area contributed by atoms with E-state index in [9.17, 15) is 8.42 Å². The maximum Gasteiger partial charge on any atom is 0.240 e. The molecule has 0 unspecified atom stereocenters. The first-order valence-corrected chi connectivity index (χ1v) is 12.4. The molecule has 0 saturated carbocycles. The molecular formula is C21H20ClN5O2S2. The monoisotopic (exact) mass is 473 g/mol. The molecule has 0 spiro atoms. The Bertz CT molecular complexity index is 1310. The van der Waals surface area contributed by atoms with Gasteiger partial charge in [0.15, 0.2) is 11.5 Å². The molecule has 10 heteroatoms. The summed E-state index contributed by atoms with van der Waals surface area (Å²) in [5.41, 5.74) is 2.72. The first-order valence-electron chi connectivity index (χ1n) is 9.56. The van der Waals surface area contributed by atoms with Gasteiger partial charge in [0.25, 0.3) is 0 Å². The zero-order chi connectivity index (χ0) is 21.8. The third-order valence-corrected chi connectivity index (χ3v) is 7.25. The average molecular weight is 474 g/mol. The summed E-state index contributed by atoms with van der Waals surface area (Å²) in [4.78, 5) is 0.238. The van der Waals surface area contributed by atoms with Gasteiger partial charge < -0.3 is 0 Å². The Morgan fingerprint density at radius 1 is 1.06 bits per heavy atom. The first-order chi connectivity index (χ1) is 14.9. The van der Waals surface area contributed by atoms with E-state index in [2.05, 4.69) is 20.0 Å². The predicted molar refractivity (Wildman–Crippen MR) is 122 cm³/mol. The highest BCUT2D eigenvalue weighted by Gasteiger charge is 2.14. The molecule has 2 heterocycles. The molecule has 0 bridgehead atoms. The lowest BCUT2D eigenvalue weighted by Crippen LogP contribution is -2.26. The number of nitrogens with one attached hydrogen (secondary N) is 1. The van der Waals surface area contributed by atoms with Crippen molar-refractivity contribution >= 4 is 39.0 Å². The highest BCUT2D eigenvalue weighted by molar-refractivity contribution is 7.98. The maximum absolute atomic E-state index is 12.5. The highest BCUT2D eigenvalue weighted by Crippen LogP contribution is 2.22. The normalized spacial score (nSPS) is 11.8. The summed E-state index contributed by atoms with van der Waals surface area (Å²) in [7, 11) is -3.58. The highest BCUT2D eigenvalue weighted by atomic mass is 35.5. The summed E-state index contributed by atoms with van der Waals surface area (Å²) in [6, 6.07) is 18.2. The van der Waals surface area contributed by atoms with Gasteiger partial charge in [0, 0.05) is 23.7 Å². The molecule has 7 nitrogen and oxygen atoms in total. The van der Waals surface area contributed by atoms with E-state index in [0.717, 1.165) is 21.9 Å². The summed E-state index contributed by atoms with van der Waals surface area (Å²) >= 11 is 7.62. The minimum absolute atomic E-state index is 0.193. The summed E-state index contributed by atoms with van der Waals surface area (Å²) < 4.78 is 29.2. The molecule has 0 radical (unpaired) electrons. The standard InChI is InChI=1S/C21H20ClN5O2S2/c1-15-5-7-18(8-6-15)31(28,29)23-12-11-20-25-24-19-9-10-21(26-27(19)20)30-14-16-3-2-4-17(22)13-16/h2-10,13,23H,11-12,14H2,1H3. The van der Waals surface area contributed by atoms with Crippen molar-refractivity contribution in [3.05, 3.63) is 82.6 Å². The quantitative estimate of drug-likeness (QED) is 0.390. The van der Waals surface area contributed by atoms with Crippen LogP contribution >= 0.6 is 23.4 Å². The average Bonchev–Trinajstić information content (AvgIpc) is 3.15. The Kier molecular flexibility index (Phi) is 6.57. The van der Waals surface area contributed by atoms with Crippen LogP contribution in [-0.2, 0) is 22.2 Å². The molecule has 2 aromatic carbocycles. The van der Waals surface area contributed by atoms with Gasteiger partial charge in [-0.2, -0.15) is 9.61 Å². The Morgan fingerprint density at radius 2 is 1.87 bits per heavy atom. The first kappa shape index (κ1) is 21.8. The van der Waals surface area contributed by atoms with Gasteiger partial charge >= 0.3 is 0 Å². The second-order valence-electron chi connectivity index (χ2n) is 6.94. The number of aromatic nitrogens is 4. The molecular weight excluding hydrogens is 454 g/mol. The van der Waals surface area contributed by atoms with E-state index in [-0.39, 0.29) is 11.4 Å². The molecule has 0 saturated heterocycles. The fourth-order valence-corrected chi connectivity index (χ4v) is 4.97. The lowest BCUT2D eigenvalue weighted by Gasteiger charge is -2.07. The second-order valence-corrected chi connectivity index (χ2v) is 10.1. The van der Waals surface area contributed by atoms with Crippen LogP contribution in [0, 0.1) is 6.92 Å². The van der Waals surface area contributed by atoms with Crippen LogP contribution in [0.2, 0.25) is 5.02 Å². The molecule has 0 atom stereocenters. The molecule has 0 amide bonds. The predicted octanol–water partition coefficient (Wildman–Crippen LogP) is 3.90. The van der Waals surface area contributed by atoms with Gasteiger partial charge in [-0.3, -0.25) is 0 Å². The SMILES string of the molecule is Cc1ccc(S(=O)(=O)NCCc2nnc3ccc(SCc4cccc(Cl)c4)nn23)cc1. The van der Waals surface area contributed by atoms with Crippen LogP contribution < -0.4 is 4.72 Å². The van der Waals surface area contributed by atoms with E-state index >= 15 is 0 Å². The number of rotatable bonds is 8. The molecule has 160 valence electrons. The third-order valence-electron chi connectivity index (χ3n) is 4.55. The number of hydrogen-bond acceptors (Lipinski definition) is 6. The third kappa shape index (κ3) is 5.43. The van der Waals surface area contributed by atoms with Crippen LogP contribution in [0.5, 0.6) is 0 Å². The van der Waals surface area contributed by atoms with Gasteiger partial charge in [0.05, 0.1) is 4.90 Å². The molecule has 31 heavy (non-hydrogen) atoms. The Labute approximate surface area is 189 Å². The number of benzene rings is 2. The van der Waals surface area contributed by atoms with Crippen LogP contribution in [-0.4, -0.2) is 34.8 Å². The van der Waals surface area contributed by atoms with Gasteiger partial charge in [-0.25, -0.2) is 13.1 Å². The van der Waals surface area contributed by atoms with Gasteiger partial charge in [0.1, 0.15) is 5.03 Å². The number of aryl methyl sites for hydroxylation is 1. The van der Waals surface area contributed by atoms with E-state index in [4.69, 9.17) is 11.6 Å². The number of sulfonamides is 1. The zero-order valence-corrected chi connectivity index (χ0v) is 19.1. The molecule has 0 aliphatic carbocycles. The Hall–Kier alpha value is -2.46. The van der Waals surface area contributed by atoms with Crippen molar-refractivity contribution in [2.45, 2.75) is 29.0 Å². The van der Waals surface area contributed by atoms with Crippen molar-refractivity contribution in [1.29, 1.82) is 0 Å². The van der Waals surface area contributed by atoms with Crippen LogP contribution in [0.15, 0.2) is 70.6 Å². The molecule has 2 aromatic heterocycles. The molecule has 0 fully saturated rings. The second kappa shape index (κ2) is 9.35.